The van der Waals surface area contributed by atoms with E-state index in [-0.39, 0.29) is 10.6 Å². The average Bonchev–Trinajstić information content (AvgIpc) is 1.62. The highest BCUT2D eigenvalue weighted by Gasteiger charge is 2.27. The fourth-order valence-electron chi connectivity index (χ4n) is 13.0. The fourth-order valence-corrected chi connectivity index (χ4v) is 15.3. The average molecular weight is 1140 g/mol. The summed E-state index contributed by atoms with van der Waals surface area (Å²) in [5, 5.41) is 27.2. The molecule has 5 heterocycles. The summed E-state index contributed by atoms with van der Waals surface area (Å²) >= 11 is 0. The van der Waals surface area contributed by atoms with Gasteiger partial charge in [0.2, 0.25) is 0 Å². The van der Waals surface area contributed by atoms with Crippen molar-refractivity contribution in [3.63, 3.8) is 0 Å². The maximum absolute atomic E-state index is 12.0. The number of nitro benzene ring substituents is 1. The quantitative estimate of drug-likeness (QED) is 0.0977. The molecule has 87 heavy (non-hydrogen) atoms. The number of rotatable bonds is 7. The lowest BCUT2D eigenvalue weighted by atomic mass is 9.95. The summed E-state index contributed by atoms with van der Waals surface area (Å²) in [7, 11) is -0.446. The van der Waals surface area contributed by atoms with Crippen LogP contribution in [0.3, 0.4) is 0 Å². The van der Waals surface area contributed by atoms with Crippen molar-refractivity contribution in [3.05, 3.63) is 313 Å². The highest BCUT2D eigenvalue weighted by atomic mass is 31.1. The van der Waals surface area contributed by atoms with Crippen LogP contribution >= 0.6 is 7.92 Å². The third-order valence-electron chi connectivity index (χ3n) is 16.6. The molecule has 8 nitrogen and oxygen atoms in total. The molecule has 18 aromatic rings. The van der Waals surface area contributed by atoms with Crippen LogP contribution in [0.4, 0.5) is 5.69 Å². The fraction of sp³-hybridized carbons (Fsp3) is 0. The van der Waals surface area contributed by atoms with Crippen LogP contribution in [-0.2, 0) is 0 Å². The first-order chi connectivity index (χ1) is 43.1. The van der Waals surface area contributed by atoms with E-state index in [0.29, 0.717) is 5.56 Å². The molecule has 0 bridgehead atoms. The SMILES string of the molecule is O=[N+]([O-])c1ccccc1-c1cc2c3ccccc3n(-c3ccccc3)c2c2oc3ccccc3c12.c1ccc(-n2c3ccccc3c3c4[nH]c5ccccc5c4c4c5ccccc5oc4c32)cc1.c1ccc(P(c2ccccc2)c2ccccc2)cc1. The van der Waals surface area contributed by atoms with Crippen LogP contribution in [0, 0.1) is 10.1 Å². The molecule has 0 aliphatic rings. The van der Waals surface area contributed by atoms with Crippen LogP contribution in [0.15, 0.2) is 312 Å². The van der Waals surface area contributed by atoms with E-state index in [9.17, 15) is 10.1 Å². The molecule has 5 aromatic heterocycles. The molecular weight excluding hydrogens is 1090 g/mol. The number of nitrogens with one attached hydrogen (secondary N) is 1. The number of nitrogens with zero attached hydrogens (tertiary/aromatic N) is 3. The summed E-state index contributed by atoms with van der Waals surface area (Å²) in [5.74, 6) is 0. The number of furan rings is 2. The number of hydrogen-bond acceptors (Lipinski definition) is 4. The number of hydrogen-bond donors (Lipinski definition) is 1. The Morgan fingerprint density at radius 2 is 0.782 bits per heavy atom. The number of benzene rings is 13. The number of aromatic nitrogens is 3. The van der Waals surface area contributed by atoms with Crippen molar-refractivity contribution < 1.29 is 13.8 Å². The molecule has 0 aliphatic carbocycles. The smallest absolute Gasteiger partial charge is 0.277 e. The van der Waals surface area contributed by atoms with Gasteiger partial charge in [-0.3, -0.25) is 10.1 Å². The van der Waals surface area contributed by atoms with Crippen LogP contribution in [0.2, 0.25) is 0 Å². The third-order valence-corrected chi connectivity index (χ3v) is 19.1. The zero-order valence-electron chi connectivity index (χ0n) is 46.8. The first-order valence-corrected chi connectivity index (χ1v) is 30.4. The largest absolute Gasteiger partial charge is 0.454 e. The third kappa shape index (κ3) is 8.56. The highest BCUT2D eigenvalue weighted by Crippen LogP contribution is 2.49. The second-order valence-corrected chi connectivity index (χ2v) is 23.8. The highest BCUT2D eigenvalue weighted by molar-refractivity contribution is 7.79. The van der Waals surface area contributed by atoms with Gasteiger partial charge in [-0.05, 0) is 90.6 Å². The molecule has 0 spiro atoms. The van der Waals surface area contributed by atoms with Gasteiger partial charge in [0, 0.05) is 82.4 Å². The zero-order valence-corrected chi connectivity index (χ0v) is 47.7. The van der Waals surface area contributed by atoms with E-state index < -0.39 is 7.92 Å². The molecule has 0 unspecified atom stereocenters. The molecule has 0 fully saturated rings. The van der Waals surface area contributed by atoms with E-state index in [1.54, 1.807) is 12.1 Å². The summed E-state index contributed by atoms with van der Waals surface area (Å²) in [4.78, 5) is 15.4. The first kappa shape index (κ1) is 51.3. The van der Waals surface area contributed by atoms with Gasteiger partial charge in [0.15, 0.2) is 11.2 Å². The van der Waals surface area contributed by atoms with E-state index in [1.165, 1.54) is 48.4 Å². The maximum Gasteiger partial charge on any atom is 0.277 e. The lowest BCUT2D eigenvalue weighted by Crippen LogP contribution is -2.20. The van der Waals surface area contributed by atoms with Gasteiger partial charge >= 0.3 is 0 Å². The number of nitro groups is 1. The normalized spacial score (nSPS) is 11.6. The second kappa shape index (κ2) is 21.4. The number of fused-ring (bicyclic) bond motifs is 19. The lowest BCUT2D eigenvalue weighted by molar-refractivity contribution is -0.384. The molecule has 1 N–H and O–H groups in total. The number of H-pyrrole nitrogens is 1. The number of aromatic amines is 1. The molecule has 0 radical (unpaired) electrons. The molecule has 0 amide bonds. The molecule has 18 rings (SSSR count). The Balaban J connectivity index is 0.000000110. The van der Waals surface area contributed by atoms with E-state index in [1.807, 2.05) is 72.8 Å². The van der Waals surface area contributed by atoms with Crippen molar-refractivity contribution in [3.8, 4) is 22.5 Å². The Kier molecular flexibility index (Phi) is 12.6. The minimum atomic E-state index is -0.446. The molecule has 0 atom stereocenters. The molecule has 9 heteroatoms. The van der Waals surface area contributed by atoms with Crippen LogP contribution in [0.5, 0.6) is 0 Å². The van der Waals surface area contributed by atoms with Crippen LogP contribution < -0.4 is 15.9 Å². The van der Waals surface area contributed by atoms with Gasteiger partial charge in [0.1, 0.15) is 11.2 Å². The van der Waals surface area contributed by atoms with Crippen LogP contribution in [0.25, 0.3) is 132 Å². The van der Waals surface area contributed by atoms with Gasteiger partial charge in [-0.2, -0.15) is 0 Å². The number of para-hydroxylation sites is 8. The van der Waals surface area contributed by atoms with Crippen molar-refractivity contribution in [2.24, 2.45) is 0 Å². The Morgan fingerprint density at radius 3 is 1.36 bits per heavy atom. The van der Waals surface area contributed by atoms with E-state index >= 15 is 0 Å². The summed E-state index contributed by atoms with van der Waals surface area (Å²) in [5.41, 5.74) is 13.5. The Labute approximate surface area is 499 Å². The standard InChI is InChI=1S/C30H18N2O3.C30H18N2O.C18H15P/c33-32(34)26-16-8-5-12-20(26)23-18-24-21-13-4-7-15-25(21)31(19-10-2-1-3-11-19)29(24)30-28(23)22-14-6-9-17-27(22)35-30;1-2-10-18(11-3-1)32-23-16-8-5-13-20(23)27-28-25(19-12-4-7-15-22(19)31-28)26-21-14-6-9-17-24(21)33-30(26)29(27)32;1-4-10-16(11-5-1)19(17-12-6-2-7-13-17)18-14-8-3-9-15-18/h1-18H;1-17,31H;1-15H. The van der Waals surface area contributed by atoms with Crippen molar-refractivity contribution >= 4 is 139 Å². The van der Waals surface area contributed by atoms with Crippen molar-refractivity contribution in [1.82, 2.24) is 14.1 Å². The van der Waals surface area contributed by atoms with E-state index in [4.69, 9.17) is 8.83 Å². The Hall–Kier alpha value is -11.3. The van der Waals surface area contributed by atoms with Crippen molar-refractivity contribution in [1.29, 1.82) is 0 Å². The monoisotopic (exact) mass is 1140 g/mol. The predicted molar refractivity (Wildman–Crippen MR) is 363 cm³/mol. The predicted octanol–water partition coefficient (Wildman–Crippen LogP) is 20.0. The van der Waals surface area contributed by atoms with Crippen LogP contribution in [-0.4, -0.2) is 19.0 Å². The molecule has 0 aliphatic heterocycles. The van der Waals surface area contributed by atoms with Gasteiger partial charge in [-0.25, -0.2) is 0 Å². The molecular formula is C78H51N4O4P. The van der Waals surface area contributed by atoms with Gasteiger partial charge < -0.3 is 23.0 Å². The van der Waals surface area contributed by atoms with Gasteiger partial charge in [-0.15, -0.1) is 0 Å². The van der Waals surface area contributed by atoms with Crippen molar-refractivity contribution in [2.75, 3.05) is 0 Å². The van der Waals surface area contributed by atoms with Crippen molar-refractivity contribution in [2.45, 2.75) is 0 Å². The molecule has 13 aromatic carbocycles. The lowest BCUT2D eigenvalue weighted by Gasteiger charge is -2.18. The first-order valence-electron chi connectivity index (χ1n) is 29.0. The minimum Gasteiger partial charge on any atom is -0.454 e. The minimum absolute atomic E-state index is 0.0743. The summed E-state index contributed by atoms with van der Waals surface area (Å²) in [6.07, 6.45) is 0. The second-order valence-electron chi connectivity index (χ2n) is 21.6. The maximum atomic E-state index is 12.0. The summed E-state index contributed by atoms with van der Waals surface area (Å²) in [6.45, 7) is 0. The Bertz CT molecular complexity index is 5520. The molecule has 412 valence electrons. The Morgan fingerprint density at radius 1 is 0.356 bits per heavy atom. The topological polar surface area (TPSA) is 95.1 Å². The van der Waals surface area contributed by atoms with E-state index in [2.05, 4.69) is 233 Å². The van der Waals surface area contributed by atoms with E-state index in [0.717, 1.165) is 93.8 Å². The summed E-state index contributed by atoms with van der Waals surface area (Å²) in [6, 6.07) is 104. The summed E-state index contributed by atoms with van der Waals surface area (Å²) < 4.78 is 17.7. The zero-order chi connectivity index (χ0) is 58.0. The van der Waals surface area contributed by atoms with Gasteiger partial charge in [0.05, 0.1) is 38.1 Å². The van der Waals surface area contributed by atoms with Gasteiger partial charge in [-0.1, -0.05) is 231 Å². The van der Waals surface area contributed by atoms with Gasteiger partial charge in [0.25, 0.3) is 5.69 Å². The molecule has 0 saturated heterocycles. The molecule has 0 saturated carbocycles. The van der Waals surface area contributed by atoms with Crippen LogP contribution in [0.1, 0.15) is 0 Å².